The first-order valence-corrected chi connectivity index (χ1v) is 23.1. The largest absolute Gasteiger partial charge is 0.462 e. The van der Waals surface area contributed by atoms with E-state index < -0.39 is 18.2 Å². The molecule has 0 aromatic carbocycles. The van der Waals surface area contributed by atoms with Crippen molar-refractivity contribution in [2.24, 2.45) is 0 Å². The number of allylic oxidation sites excluding steroid dienone is 16. The van der Waals surface area contributed by atoms with E-state index in [-0.39, 0.29) is 24.9 Å². The molecule has 0 saturated heterocycles. The van der Waals surface area contributed by atoms with Crippen molar-refractivity contribution in [2.75, 3.05) is 6.61 Å². The molecule has 6 nitrogen and oxygen atoms in total. The number of aliphatic hydroxyl groups is 2. The molecule has 0 aromatic rings. The van der Waals surface area contributed by atoms with Crippen molar-refractivity contribution in [1.29, 1.82) is 0 Å². The normalized spacial score (nSPS) is 14.3. The highest BCUT2D eigenvalue weighted by atomic mass is 16.5. The number of rotatable bonds is 39. The van der Waals surface area contributed by atoms with Crippen molar-refractivity contribution in [3.05, 3.63) is 97.2 Å². The van der Waals surface area contributed by atoms with E-state index in [1.807, 2.05) is 48.6 Å². The first-order valence-electron chi connectivity index (χ1n) is 23.1. The van der Waals surface area contributed by atoms with Crippen LogP contribution in [0.15, 0.2) is 97.2 Å². The van der Waals surface area contributed by atoms with Crippen LogP contribution in [-0.2, 0) is 14.3 Å². The van der Waals surface area contributed by atoms with Gasteiger partial charge in [-0.3, -0.25) is 9.59 Å². The summed E-state index contributed by atoms with van der Waals surface area (Å²) in [5, 5.41) is 23.6. The van der Waals surface area contributed by atoms with E-state index in [1.165, 1.54) is 57.8 Å². The third kappa shape index (κ3) is 39.4. The first kappa shape index (κ1) is 53.8. The molecule has 3 N–H and O–H groups in total. The predicted octanol–water partition coefficient (Wildman–Crippen LogP) is 13.4. The molecule has 0 rings (SSSR count). The van der Waals surface area contributed by atoms with Crippen LogP contribution < -0.4 is 5.32 Å². The zero-order chi connectivity index (χ0) is 41.7. The van der Waals surface area contributed by atoms with Gasteiger partial charge in [0.05, 0.1) is 25.2 Å². The van der Waals surface area contributed by atoms with Crippen molar-refractivity contribution < 1.29 is 24.5 Å². The van der Waals surface area contributed by atoms with Gasteiger partial charge in [0.1, 0.15) is 6.10 Å². The van der Waals surface area contributed by atoms with E-state index in [0.29, 0.717) is 19.3 Å². The summed E-state index contributed by atoms with van der Waals surface area (Å²) >= 11 is 0. The second-order valence-corrected chi connectivity index (χ2v) is 15.2. The maximum absolute atomic E-state index is 13.1. The molecule has 0 spiro atoms. The van der Waals surface area contributed by atoms with Gasteiger partial charge >= 0.3 is 5.97 Å². The number of carbonyl (C=O) groups excluding carboxylic acids is 2. The average molecular weight is 792 g/mol. The zero-order valence-electron chi connectivity index (χ0n) is 36.7. The smallest absolute Gasteiger partial charge is 0.306 e. The van der Waals surface area contributed by atoms with Crippen molar-refractivity contribution >= 4 is 11.9 Å². The molecule has 3 atom stereocenters. The van der Waals surface area contributed by atoms with Crippen molar-refractivity contribution in [3.63, 3.8) is 0 Å². The third-order valence-electron chi connectivity index (χ3n) is 9.85. The lowest BCUT2D eigenvalue weighted by molar-refractivity contribution is -0.151. The van der Waals surface area contributed by atoms with Crippen LogP contribution in [0, 0.1) is 0 Å². The Morgan fingerprint density at radius 1 is 0.526 bits per heavy atom. The highest BCUT2D eigenvalue weighted by Crippen LogP contribution is 2.16. The minimum atomic E-state index is -0.814. The number of nitrogens with one attached hydrogen (secondary N) is 1. The molecule has 324 valence electrons. The molecule has 0 saturated carbocycles. The van der Waals surface area contributed by atoms with Gasteiger partial charge in [-0.05, 0) is 57.8 Å². The maximum Gasteiger partial charge on any atom is 0.306 e. The Bertz CT molecular complexity index is 1160. The Morgan fingerprint density at radius 2 is 0.965 bits per heavy atom. The lowest BCUT2D eigenvalue weighted by atomic mass is 10.0. The van der Waals surface area contributed by atoms with E-state index in [1.54, 1.807) is 0 Å². The van der Waals surface area contributed by atoms with Crippen LogP contribution in [0.4, 0.5) is 0 Å². The van der Waals surface area contributed by atoms with E-state index in [0.717, 1.165) is 83.5 Å². The Hall–Kier alpha value is -3.22. The van der Waals surface area contributed by atoms with E-state index in [2.05, 4.69) is 74.7 Å². The maximum atomic E-state index is 13.1. The number of esters is 1. The van der Waals surface area contributed by atoms with Gasteiger partial charge in [0.2, 0.25) is 5.91 Å². The molecule has 0 radical (unpaired) electrons. The number of hydrogen-bond acceptors (Lipinski definition) is 5. The summed E-state index contributed by atoms with van der Waals surface area (Å²) in [6.07, 6.45) is 57.5. The summed E-state index contributed by atoms with van der Waals surface area (Å²) in [5.74, 6) is -0.582. The van der Waals surface area contributed by atoms with Crippen LogP contribution in [0.5, 0.6) is 0 Å². The summed E-state index contributed by atoms with van der Waals surface area (Å²) in [6, 6.07) is -0.733. The van der Waals surface area contributed by atoms with Crippen LogP contribution >= 0.6 is 0 Å². The molecule has 0 heterocycles. The molecule has 6 heteroatoms. The monoisotopic (exact) mass is 792 g/mol. The summed E-state index contributed by atoms with van der Waals surface area (Å²) in [4.78, 5) is 26.0. The summed E-state index contributed by atoms with van der Waals surface area (Å²) in [6.45, 7) is 6.15. The number of hydrogen-bond donors (Lipinski definition) is 3. The molecule has 0 aromatic heterocycles. The number of amides is 1. The molecule has 0 fully saturated rings. The molecular weight excluding hydrogens is 707 g/mol. The van der Waals surface area contributed by atoms with Crippen LogP contribution in [0.25, 0.3) is 0 Å². The van der Waals surface area contributed by atoms with Crippen molar-refractivity contribution in [1.82, 2.24) is 5.32 Å². The number of carbonyl (C=O) groups is 2. The van der Waals surface area contributed by atoms with Gasteiger partial charge in [0.25, 0.3) is 0 Å². The fourth-order valence-electron chi connectivity index (χ4n) is 6.40. The van der Waals surface area contributed by atoms with E-state index in [4.69, 9.17) is 4.74 Å². The highest BCUT2D eigenvalue weighted by molar-refractivity contribution is 5.77. The van der Waals surface area contributed by atoms with E-state index in [9.17, 15) is 19.8 Å². The van der Waals surface area contributed by atoms with Crippen LogP contribution in [0.2, 0.25) is 0 Å². The average Bonchev–Trinajstić information content (AvgIpc) is 3.20. The number of aliphatic hydroxyl groups excluding tert-OH is 2. The highest BCUT2D eigenvalue weighted by Gasteiger charge is 2.24. The summed E-state index contributed by atoms with van der Waals surface area (Å²) in [5.41, 5.74) is 0. The lowest BCUT2D eigenvalue weighted by Gasteiger charge is -2.24. The molecule has 0 bridgehead atoms. The van der Waals surface area contributed by atoms with E-state index >= 15 is 0 Å². The van der Waals surface area contributed by atoms with Gasteiger partial charge in [-0.25, -0.2) is 0 Å². The second kappa shape index (κ2) is 43.9. The van der Waals surface area contributed by atoms with Crippen molar-refractivity contribution in [2.45, 2.75) is 206 Å². The summed E-state index contributed by atoms with van der Waals surface area (Å²) < 4.78 is 5.86. The fourth-order valence-corrected chi connectivity index (χ4v) is 6.40. The molecular formula is C51H85NO5. The third-order valence-corrected chi connectivity index (χ3v) is 9.85. The van der Waals surface area contributed by atoms with Crippen LogP contribution in [0.1, 0.15) is 188 Å². The predicted molar refractivity (Wildman–Crippen MR) is 245 cm³/mol. The van der Waals surface area contributed by atoms with Crippen molar-refractivity contribution in [3.8, 4) is 0 Å². The Balaban J connectivity index is 4.77. The minimum absolute atomic E-state index is 0.0144. The molecule has 0 aliphatic heterocycles. The lowest BCUT2D eigenvalue weighted by Crippen LogP contribution is -2.46. The molecule has 1 amide bonds. The van der Waals surface area contributed by atoms with Crippen LogP contribution in [0.3, 0.4) is 0 Å². The first-order chi connectivity index (χ1) is 28.0. The Labute approximate surface area is 350 Å². The molecule has 3 unspecified atom stereocenters. The quantitative estimate of drug-likeness (QED) is 0.0327. The van der Waals surface area contributed by atoms with Gasteiger partial charge in [0.15, 0.2) is 0 Å². The fraction of sp³-hybridized carbons (Fsp3) is 0.647. The topological polar surface area (TPSA) is 95.9 Å². The SMILES string of the molecule is CC/C=C/C=C/C=C\C=C/C=C/CCCC(CC(=O)NC(CO)C(O)CCCCCCCCCCCCCC)OC(=O)CCCCCCC\C=C/C=C/C=C/CC. The van der Waals surface area contributed by atoms with Gasteiger partial charge in [0, 0.05) is 6.42 Å². The number of unbranched alkanes of at least 4 members (excludes halogenated alkanes) is 17. The summed E-state index contributed by atoms with van der Waals surface area (Å²) in [7, 11) is 0. The van der Waals surface area contributed by atoms with Crippen LogP contribution in [-0.4, -0.2) is 46.9 Å². The standard InChI is InChI=1S/C51H85NO5/c1-4-7-10-13-16-19-22-25-27-30-33-36-39-42-47(57-51(56)44-41-38-35-32-29-26-23-20-17-14-11-8-5-2)45-50(55)52-48(46-53)49(54)43-40-37-34-31-28-24-21-18-15-12-9-6-3/h7-8,10-11,13-14,16-17,19-20,22-23,25,27,30,33,47-49,53-54H,4-6,9,12,15,18,21,24,26,28-29,31-32,34-46H2,1-3H3,(H,52,55)/b10-7+,11-8+,16-13+,17-14+,22-19-,23-20-,27-25-,33-30+. The molecule has 0 aliphatic carbocycles. The minimum Gasteiger partial charge on any atom is -0.462 e. The number of ether oxygens (including phenoxy) is 1. The van der Waals surface area contributed by atoms with Gasteiger partial charge in [-0.1, -0.05) is 214 Å². The second-order valence-electron chi connectivity index (χ2n) is 15.2. The van der Waals surface area contributed by atoms with Gasteiger partial charge in [-0.2, -0.15) is 0 Å². The van der Waals surface area contributed by atoms with Gasteiger partial charge < -0.3 is 20.3 Å². The Kier molecular flexibility index (Phi) is 41.4. The van der Waals surface area contributed by atoms with Gasteiger partial charge in [-0.15, -0.1) is 0 Å². The molecule has 0 aliphatic rings. The zero-order valence-corrected chi connectivity index (χ0v) is 36.7. The Morgan fingerprint density at radius 3 is 1.47 bits per heavy atom. The molecule has 57 heavy (non-hydrogen) atoms.